The first-order chi connectivity index (χ1) is 24.1. The molecule has 0 heterocycles. The van der Waals surface area contributed by atoms with Gasteiger partial charge in [0.1, 0.15) is 12.6 Å². The summed E-state index contributed by atoms with van der Waals surface area (Å²) in [6, 6.07) is -1.53. The highest BCUT2D eigenvalue weighted by Crippen LogP contribution is 2.43. The Kier molecular flexibility index (Phi) is 31.0. The van der Waals surface area contributed by atoms with Gasteiger partial charge in [0.05, 0.1) is 13.2 Å². The molecule has 0 rings (SSSR count). The van der Waals surface area contributed by atoms with Gasteiger partial charge in [-0.2, -0.15) is 0 Å². The Morgan fingerprint density at radius 1 is 0.640 bits per heavy atom. The van der Waals surface area contributed by atoms with Gasteiger partial charge in [0, 0.05) is 12.8 Å². The zero-order valence-corrected chi connectivity index (χ0v) is 31.1. The SMILES string of the molecule is CC/C=C/C/C=C/C/C=C/C/C=C/C/C=C/C/C=C/CCC(=O)O[C@@H](COC(=O)CCCCCCCCC)COP(=O)(O)OC[C@H](N)C(=O)O. The molecule has 0 aliphatic carbocycles. The summed E-state index contributed by atoms with van der Waals surface area (Å²) in [6.45, 7) is 2.51. The molecule has 12 heteroatoms. The predicted molar refractivity (Wildman–Crippen MR) is 198 cm³/mol. The standard InChI is InChI=1S/C38H62NO10P/c1-3-5-7-9-11-12-13-14-15-16-17-18-19-20-21-22-24-26-28-30-37(41)49-34(32-47-50(44,45)48-33-35(39)38(42)43)31-46-36(40)29-27-25-23-10-8-6-4-2/h5,7,11-12,14-15,17-18,20-21,24,26,34-35H,3-4,6,8-10,13,16,19,22-23,25,27-33,39H2,1-2H3,(H,42,43)(H,44,45)/b7-5+,12-11+,15-14+,18-17+,21-20+,26-24+/t34-,35-/m0/s1. The molecule has 50 heavy (non-hydrogen) atoms. The minimum absolute atomic E-state index is 0.0331. The second-order valence-corrected chi connectivity index (χ2v) is 13.1. The van der Waals surface area contributed by atoms with Crippen LogP contribution >= 0.6 is 7.82 Å². The molecular formula is C38H62NO10P. The number of carbonyl (C=O) groups excluding carboxylic acids is 2. The first-order valence-corrected chi connectivity index (χ1v) is 19.5. The molecule has 0 aliphatic rings. The summed E-state index contributed by atoms with van der Waals surface area (Å²) in [5, 5.41) is 8.83. The van der Waals surface area contributed by atoms with E-state index in [2.05, 4.69) is 73.1 Å². The van der Waals surface area contributed by atoms with Crippen molar-refractivity contribution < 1.29 is 47.5 Å². The number of phosphoric ester groups is 1. The van der Waals surface area contributed by atoms with Gasteiger partial charge >= 0.3 is 25.7 Å². The van der Waals surface area contributed by atoms with E-state index >= 15 is 0 Å². The van der Waals surface area contributed by atoms with Crippen LogP contribution in [0, 0.1) is 0 Å². The molecule has 0 radical (unpaired) electrons. The van der Waals surface area contributed by atoms with Crippen molar-refractivity contribution in [3.63, 3.8) is 0 Å². The first kappa shape index (κ1) is 46.9. The van der Waals surface area contributed by atoms with Crippen molar-refractivity contribution in [1.82, 2.24) is 0 Å². The van der Waals surface area contributed by atoms with Crippen LogP contribution in [0.15, 0.2) is 72.9 Å². The van der Waals surface area contributed by atoms with Crippen LogP contribution in [0.5, 0.6) is 0 Å². The van der Waals surface area contributed by atoms with Crippen LogP contribution in [-0.2, 0) is 37.5 Å². The van der Waals surface area contributed by atoms with Gasteiger partial charge in [-0.05, 0) is 51.4 Å². The molecule has 0 spiro atoms. The van der Waals surface area contributed by atoms with Crippen LogP contribution < -0.4 is 5.73 Å². The van der Waals surface area contributed by atoms with E-state index in [0.29, 0.717) is 19.3 Å². The van der Waals surface area contributed by atoms with Crippen molar-refractivity contribution >= 4 is 25.7 Å². The largest absolute Gasteiger partial charge is 0.480 e. The number of aliphatic carboxylic acids is 1. The van der Waals surface area contributed by atoms with Gasteiger partial charge in [-0.3, -0.25) is 23.4 Å². The lowest BCUT2D eigenvalue weighted by atomic mass is 10.1. The molecule has 284 valence electrons. The zero-order chi connectivity index (χ0) is 37.1. The third-order valence-corrected chi connectivity index (χ3v) is 7.93. The lowest BCUT2D eigenvalue weighted by Crippen LogP contribution is -2.34. The Hall–Kier alpha value is -3.08. The maximum Gasteiger partial charge on any atom is 0.472 e. The van der Waals surface area contributed by atoms with Gasteiger partial charge in [0.2, 0.25) is 0 Å². The minimum Gasteiger partial charge on any atom is -0.480 e. The van der Waals surface area contributed by atoms with Crippen LogP contribution in [0.3, 0.4) is 0 Å². The molecular weight excluding hydrogens is 661 g/mol. The number of hydrogen-bond donors (Lipinski definition) is 3. The van der Waals surface area contributed by atoms with E-state index < -0.39 is 51.1 Å². The van der Waals surface area contributed by atoms with Crippen molar-refractivity contribution in [3.05, 3.63) is 72.9 Å². The maximum atomic E-state index is 12.5. The molecule has 0 amide bonds. The lowest BCUT2D eigenvalue weighted by molar-refractivity contribution is -0.161. The van der Waals surface area contributed by atoms with Crippen molar-refractivity contribution in [3.8, 4) is 0 Å². The van der Waals surface area contributed by atoms with E-state index in [-0.39, 0.29) is 19.4 Å². The summed E-state index contributed by atoms with van der Waals surface area (Å²) < 4.78 is 32.3. The van der Waals surface area contributed by atoms with Crippen LogP contribution in [-0.4, -0.2) is 59.9 Å². The number of allylic oxidation sites excluding steroid dienone is 12. The number of nitrogens with two attached hydrogens (primary N) is 1. The molecule has 0 bridgehead atoms. The third-order valence-electron chi connectivity index (χ3n) is 6.98. The molecule has 0 aromatic rings. The average molecular weight is 724 g/mol. The highest BCUT2D eigenvalue weighted by atomic mass is 31.2. The normalized spacial score (nSPS) is 14.8. The van der Waals surface area contributed by atoms with Crippen molar-refractivity contribution in [1.29, 1.82) is 0 Å². The third kappa shape index (κ3) is 32.1. The fraction of sp³-hybridized carbons (Fsp3) is 0.605. The van der Waals surface area contributed by atoms with E-state index in [4.69, 9.17) is 24.8 Å². The molecule has 1 unspecified atom stereocenters. The summed E-state index contributed by atoms with van der Waals surface area (Å²) in [6.07, 6.45) is 37.3. The summed E-state index contributed by atoms with van der Waals surface area (Å²) in [7, 11) is -4.73. The Balaban J connectivity index is 4.57. The van der Waals surface area contributed by atoms with Gasteiger partial charge in [0.25, 0.3) is 0 Å². The van der Waals surface area contributed by atoms with Crippen molar-refractivity contribution in [2.24, 2.45) is 5.73 Å². The average Bonchev–Trinajstić information content (AvgIpc) is 3.09. The molecule has 0 aromatic heterocycles. The second kappa shape index (κ2) is 33.1. The van der Waals surface area contributed by atoms with Crippen LogP contribution in [0.1, 0.15) is 117 Å². The fourth-order valence-electron chi connectivity index (χ4n) is 4.15. The number of rotatable bonds is 32. The van der Waals surface area contributed by atoms with Crippen LogP contribution in [0.25, 0.3) is 0 Å². The summed E-state index contributed by atoms with van der Waals surface area (Å²) in [5.41, 5.74) is 5.29. The number of phosphoric acid groups is 1. The minimum atomic E-state index is -4.73. The Morgan fingerprint density at radius 2 is 1.12 bits per heavy atom. The number of ether oxygens (including phenoxy) is 2. The van der Waals surface area contributed by atoms with Gasteiger partial charge in [-0.1, -0.05) is 125 Å². The Bertz CT molecular complexity index is 1130. The Morgan fingerprint density at radius 3 is 1.64 bits per heavy atom. The molecule has 0 saturated carbocycles. The topological polar surface area (TPSA) is 172 Å². The maximum absolute atomic E-state index is 12.5. The van der Waals surface area contributed by atoms with Gasteiger partial charge in [-0.25, -0.2) is 4.57 Å². The smallest absolute Gasteiger partial charge is 0.472 e. The highest BCUT2D eigenvalue weighted by molar-refractivity contribution is 7.47. The molecule has 0 aliphatic heterocycles. The van der Waals surface area contributed by atoms with Gasteiger partial charge in [0.15, 0.2) is 6.10 Å². The van der Waals surface area contributed by atoms with E-state index in [9.17, 15) is 23.8 Å². The van der Waals surface area contributed by atoms with E-state index in [1.807, 2.05) is 18.2 Å². The highest BCUT2D eigenvalue weighted by Gasteiger charge is 2.28. The summed E-state index contributed by atoms with van der Waals surface area (Å²) in [4.78, 5) is 45.5. The number of hydrogen-bond acceptors (Lipinski definition) is 9. The molecule has 3 atom stereocenters. The fourth-order valence-corrected chi connectivity index (χ4v) is 4.92. The monoisotopic (exact) mass is 723 g/mol. The van der Waals surface area contributed by atoms with Gasteiger partial charge < -0.3 is 25.2 Å². The number of unbranched alkanes of at least 4 members (excludes halogenated alkanes) is 6. The molecule has 11 nitrogen and oxygen atoms in total. The number of carbonyl (C=O) groups is 3. The molecule has 0 aromatic carbocycles. The second-order valence-electron chi connectivity index (χ2n) is 11.6. The first-order valence-electron chi connectivity index (χ1n) is 18.0. The van der Waals surface area contributed by atoms with Crippen LogP contribution in [0.4, 0.5) is 0 Å². The number of esters is 2. The van der Waals surface area contributed by atoms with Crippen molar-refractivity contribution in [2.75, 3.05) is 19.8 Å². The molecule has 4 N–H and O–H groups in total. The predicted octanol–water partition coefficient (Wildman–Crippen LogP) is 8.61. The van der Waals surface area contributed by atoms with E-state index in [1.54, 1.807) is 0 Å². The molecule has 0 saturated heterocycles. The van der Waals surface area contributed by atoms with Crippen LogP contribution in [0.2, 0.25) is 0 Å². The van der Waals surface area contributed by atoms with E-state index in [1.165, 1.54) is 12.8 Å². The lowest BCUT2D eigenvalue weighted by Gasteiger charge is -2.20. The number of carboxylic acids is 1. The van der Waals surface area contributed by atoms with Gasteiger partial charge in [-0.15, -0.1) is 0 Å². The quantitative estimate of drug-likeness (QED) is 0.0263. The zero-order valence-electron chi connectivity index (χ0n) is 30.2. The van der Waals surface area contributed by atoms with E-state index in [0.717, 1.165) is 57.8 Å². The summed E-state index contributed by atoms with van der Waals surface area (Å²) >= 11 is 0. The Labute approximate surface area is 300 Å². The summed E-state index contributed by atoms with van der Waals surface area (Å²) in [5.74, 6) is -2.51. The molecule has 0 fully saturated rings. The van der Waals surface area contributed by atoms with Crippen molar-refractivity contribution in [2.45, 2.75) is 129 Å². The number of carboxylic acid groups (broad SMARTS) is 1.